The molecule has 0 spiro atoms. The van der Waals surface area contributed by atoms with Crippen LogP contribution in [0.2, 0.25) is 20.4 Å². The van der Waals surface area contributed by atoms with Gasteiger partial charge in [0, 0.05) is 34.6 Å². The molecule has 0 fully saturated rings. The number of aromatic nitrogens is 5. The van der Waals surface area contributed by atoms with Gasteiger partial charge in [0.05, 0.1) is 33.0 Å². The fourth-order valence-electron chi connectivity index (χ4n) is 4.07. The minimum absolute atomic E-state index is 0.0620. The molecule has 202 valence electrons. The normalized spacial score (nSPS) is 12.0. The molecule has 40 heavy (non-hydrogen) atoms. The highest BCUT2D eigenvalue weighted by molar-refractivity contribution is 6.36. The predicted octanol–water partition coefficient (Wildman–Crippen LogP) is 8.37. The fraction of sp³-hybridized carbons (Fsp3) is 0.148. The first-order valence-corrected chi connectivity index (χ1v) is 13.4. The van der Waals surface area contributed by atoms with Gasteiger partial charge >= 0.3 is 0 Å². The average Bonchev–Trinajstić information content (AvgIpc) is 3.41. The SMILES string of the molecule is CC(C)n1cc(C(Nc2cc(Cl)c3ncc(C#N)c(Nc4ccc(F)c(Cl)c4)c3c2)c2ccc(Cl)nc2Cl)nn1. The number of nitriles is 1. The molecule has 0 saturated carbocycles. The van der Waals surface area contributed by atoms with E-state index >= 15 is 0 Å². The summed E-state index contributed by atoms with van der Waals surface area (Å²) in [5, 5.41) is 26.3. The van der Waals surface area contributed by atoms with E-state index < -0.39 is 11.9 Å². The maximum atomic E-state index is 13.8. The van der Waals surface area contributed by atoms with Gasteiger partial charge in [0.25, 0.3) is 0 Å². The number of nitrogens with one attached hydrogen (secondary N) is 2. The van der Waals surface area contributed by atoms with E-state index in [1.54, 1.807) is 28.9 Å². The van der Waals surface area contributed by atoms with Crippen LogP contribution >= 0.6 is 46.4 Å². The summed E-state index contributed by atoms with van der Waals surface area (Å²) in [7, 11) is 0. The van der Waals surface area contributed by atoms with Crippen LogP contribution in [0.5, 0.6) is 0 Å². The van der Waals surface area contributed by atoms with Crippen LogP contribution in [0, 0.1) is 17.1 Å². The van der Waals surface area contributed by atoms with Gasteiger partial charge in [-0.3, -0.25) is 4.98 Å². The highest BCUT2D eigenvalue weighted by Gasteiger charge is 2.23. The van der Waals surface area contributed by atoms with Crippen molar-refractivity contribution in [2.45, 2.75) is 25.9 Å². The largest absolute Gasteiger partial charge is 0.373 e. The average molecular weight is 616 g/mol. The van der Waals surface area contributed by atoms with Gasteiger partial charge in [-0.2, -0.15) is 5.26 Å². The number of rotatable bonds is 7. The van der Waals surface area contributed by atoms with Crippen molar-refractivity contribution in [3.8, 4) is 6.07 Å². The van der Waals surface area contributed by atoms with E-state index in [9.17, 15) is 9.65 Å². The second-order valence-electron chi connectivity index (χ2n) is 9.08. The third-order valence-electron chi connectivity index (χ3n) is 6.05. The Hall–Kier alpha value is -3.68. The smallest absolute Gasteiger partial charge is 0.141 e. The van der Waals surface area contributed by atoms with Crippen LogP contribution in [0.15, 0.2) is 54.9 Å². The van der Waals surface area contributed by atoms with Gasteiger partial charge in [-0.15, -0.1) is 5.10 Å². The van der Waals surface area contributed by atoms with E-state index in [1.165, 1.54) is 24.4 Å². The molecule has 1 unspecified atom stereocenters. The Kier molecular flexibility index (Phi) is 7.97. The zero-order valence-corrected chi connectivity index (χ0v) is 23.9. The monoisotopic (exact) mass is 614 g/mol. The quantitative estimate of drug-likeness (QED) is 0.177. The van der Waals surface area contributed by atoms with Crippen LogP contribution in [0.1, 0.15) is 42.8 Å². The number of fused-ring (bicyclic) bond motifs is 1. The lowest BCUT2D eigenvalue weighted by Gasteiger charge is -2.20. The van der Waals surface area contributed by atoms with Crippen molar-refractivity contribution in [2.75, 3.05) is 10.6 Å². The molecule has 1 atom stereocenters. The molecule has 13 heteroatoms. The first kappa shape index (κ1) is 27.9. The molecule has 0 amide bonds. The summed E-state index contributed by atoms with van der Waals surface area (Å²) >= 11 is 25.2. The van der Waals surface area contributed by atoms with Crippen LogP contribution < -0.4 is 10.6 Å². The molecule has 3 heterocycles. The van der Waals surface area contributed by atoms with Gasteiger partial charge in [0.2, 0.25) is 0 Å². The van der Waals surface area contributed by atoms with Gasteiger partial charge in [0.15, 0.2) is 0 Å². The summed E-state index contributed by atoms with van der Waals surface area (Å²) in [6.07, 6.45) is 3.23. The summed E-state index contributed by atoms with van der Waals surface area (Å²) in [6, 6.07) is 12.7. The van der Waals surface area contributed by atoms with Gasteiger partial charge in [-0.25, -0.2) is 14.1 Å². The summed E-state index contributed by atoms with van der Waals surface area (Å²) in [6.45, 7) is 3.98. The number of hydrogen-bond acceptors (Lipinski definition) is 7. The molecule has 5 rings (SSSR count). The van der Waals surface area contributed by atoms with Crippen LogP contribution in [0.25, 0.3) is 10.9 Å². The lowest BCUT2D eigenvalue weighted by Crippen LogP contribution is -2.14. The maximum absolute atomic E-state index is 13.8. The summed E-state index contributed by atoms with van der Waals surface area (Å²) in [4.78, 5) is 8.57. The molecule has 0 radical (unpaired) electrons. The Balaban J connectivity index is 1.63. The van der Waals surface area contributed by atoms with Crippen molar-refractivity contribution in [1.82, 2.24) is 25.0 Å². The number of anilines is 3. The molecular weight excluding hydrogens is 597 g/mol. The van der Waals surface area contributed by atoms with Crippen molar-refractivity contribution in [1.29, 1.82) is 5.26 Å². The summed E-state index contributed by atoms with van der Waals surface area (Å²) in [5.41, 5.74) is 3.38. The highest BCUT2D eigenvalue weighted by atomic mass is 35.5. The first-order chi connectivity index (χ1) is 19.1. The molecule has 0 aliphatic carbocycles. The Morgan fingerprint density at radius 1 is 1.00 bits per heavy atom. The fourth-order valence-corrected chi connectivity index (χ4v) is 4.97. The summed E-state index contributed by atoms with van der Waals surface area (Å²) < 4.78 is 15.5. The number of nitrogens with zero attached hydrogens (tertiary/aromatic N) is 6. The molecule has 0 bridgehead atoms. The molecular formula is C27H19Cl4FN8. The molecule has 0 aliphatic heterocycles. The lowest BCUT2D eigenvalue weighted by molar-refractivity contribution is 0.514. The van der Waals surface area contributed by atoms with E-state index in [0.29, 0.717) is 44.2 Å². The zero-order chi connectivity index (χ0) is 28.6. The van der Waals surface area contributed by atoms with Gasteiger partial charge < -0.3 is 10.6 Å². The topological polar surface area (TPSA) is 104 Å². The standard InChI is InChI=1S/C27H19Cl4FN8/c1-13(2)40-12-22(38-39-40)26(17-4-6-23(30)37-27(17)31)36-16-7-18-24(35-15-3-5-21(32)19(28)8-15)14(10-33)11-34-25(18)20(29)9-16/h3-9,11-13,26,36H,1-2H3,(H,34,35). The molecule has 8 nitrogen and oxygen atoms in total. The Morgan fingerprint density at radius 3 is 2.45 bits per heavy atom. The van der Waals surface area contributed by atoms with Crippen molar-refractivity contribution in [2.24, 2.45) is 0 Å². The van der Waals surface area contributed by atoms with Gasteiger partial charge in [-0.1, -0.05) is 57.7 Å². The van der Waals surface area contributed by atoms with E-state index in [-0.39, 0.29) is 26.9 Å². The van der Waals surface area contributed by atoms with E-state index in [1.807, 2.05) is 20.0 Å². The molecule has 0 saturated heterocycles. The number of pyridine rings is 2. The van der Waals surface area contributed by atoms with Crippen molar-refractivity contribution in [3.05, 3.63) is 97.8 Å². The first-order valence-electron chi connectivity index (χ1n) is 11.9. The van der Waals surface area contributed by atoms with Gasteiger partial charge in [-0.05, 0) is 50.2 Å². The minimum atomic E-state index is -0.585. The lowest BCUT2D eigenvalue weighted by atomic mass is 10.0. The van der Waals surface area contributed by atoms with Crippen LogP contribution in [0.4, 0.5) is 21.5 Å². The Morgan fingerprint density at radius 2 is 1.77 bits per heavy atom. The minimum Gasteiger partial charge on any atom is -0.373 e. The van der Waals surface area contributed by atoms with Crippen LogP contribution in [-0.2, 0) is 0 Å². The molecule has 5 aromatic rings. The zero-order valence-electron chi connectivity index (χ0n) is 20.9. The number of halogens is 5. The predicted molar refractivity (Wildman–Crippen MR) is 156 cm³/mol. The molecule has 0 aliphatic rings. The van der Waals surface area contributed by atoms with Crippen molar-refractivity contribution < 1.29 is 4.39 Å². The third kappa shape index (κ3) is 5.62. The van der Waals surface area contributed by atoms with Crippen LogP contribution in [-0.4, -0.2) is 25.0 Å². The number of hydrogen-bond donors (Lipinski definition) is 2. The van der Waals surface area contributed by atoms with Crippen LogP contribution in [0.3, 0.4) is 0 Å². The van der Waals surface area contributed by atoms with Crippen molar-refractivity contribution >= 4 is 74.4 Å². The second kappa shape index (κ2) is 11.4. The second-order valence-corrected chi connectivity index (χ2v) is 10.6. The highest BCUT2D eigenvalue weighted by Crippen LogP contribution is 2.38. The Bertz CT molecular complexity index is 1780. The van der Waals surface area contributed by atoms with E-state index in [0.717, 1.165) is 0 Å². The molecule has 3 aromatic heterocycles. The molecule has 2 aromatic carbocycles. The van der Waals surface area contributed by atoms with Crippen molar-refractivity contribution in [3.63, 3.8) is 0 Å². The maximum Gasteiger partial charge on any atom is 0.141 e. The van der Waals surface area contributed by atoms with Gasteiger partial charge in [0.1, 0.15) is 33.9 Å². The molecule has 2 N–H and O–H groups in total. The number of benzene rings is 2. The van der Waals surface area contributed by atoms with E-state index in [4.69, 9.17) is 46.4 Å². The van der Waals surface area contributed by atoms with E-state index in [2.05, 4.69) is 37.0 Å². The summed E-state index contributed by atoms with van der Waals surface area (Å²) in [5.74, 6) is -0.558. The third-order valence-corrected chi connectivity index (χ3v) is 7.14. The Labute approximate surface area is 248 Å².